The summed E-state index contributed by atoms with van der Waals surface area (Å²) in [6.45, 7) is 4.44. The van der Waals surface area contributed by atoms with Crippen LogP contribution in [0.3, 0.4) is 0 Å². The number of aromatic nitrogens is 2. The van der Waals surface area contributed by atoms with Crippen molar-refractivity contribution in [3.8, 4) is 0 Å². The molecule has 0 bridgehead atoms. The number of carbonyl (C=O) groups is 1. The number of amides is 1. The van der Waals surface area contributed by atoms with Crippen molar-refractivity contribution < 1.29 is 4.79 Å². The Balaban J connectivity index is 2.09. The lowest BCUT2D eigenvalue weighted by Gasteiger charge is -2.19. The van der Waals surface area contributed by atoms with Crippen molar-refractivity contribution >= 4 is 11.7 Å². The Morgan fingerprint density at radius 1 is 1.28 bits per heavy atom. The van der Waals surface area contributed by atoms with E-state index in [0.717, 1.165) is 32.5 Å². The highest BCUT2D eigenvalue weighted by atomic mass is 16.2. The number of carbonyl (C=O) groups excluding carboxylic acids is 1. The molecule has 1 aromatic rings. The van der Waals surface area contributed by atoms with Gasteiger partial charge in [-0.2, -0.15) is 0 Å². The van der Waals surface area contributed by atoms with Crippen molar-refractivity contribution in [2.24, 2.45) is 0 Å². The second-order valence-electron chi connectivity index (χ2n) is 4.53. The van der Waals surface area contributed by atoms with Crippen LogP contribution in [0.15, 0.2) is 12.4 Å². The normalized spacial score (nSPS) is 16.2. The summed E-state index contributed by atoms with van der Waals surface area (Å²) in [7, 11) is 0. The molecule has 0 radical (unpaired) electrons. The maximum Gasteiger partial charge on any atom is 0.274 e. The quantitative estimate of drug-likeness (QED) is 0.888. The van der Waals surface area contributed by atoms with Crippen LogP contribution < -0.4 is 5.32 Å². The van der Waals surface area contributed by atoms with E-state index in [1.807, 2.05) is 11.8 Å². The van der Waals surface area contributed by atoms with Crippen LogP contribution in [-0.4, -0.2) is 40.4 Å². The van der Waals surface area contributed by atoms with E-state index in [0.29, 0.717) is 11.5 Å². The molecular formula is C13H20N4O. The highest BCUT2D eigenvalue weighted by Gasteiger charge is 2.18. The fourth-order valence-corrected chi connectivity index (χ4v) is 2.17. The van der Waals surface area contributed by atoms with Crippen LogP contribution in [0.2, 0.25) is 0 Å². The van der Waals surface area contributed by atoms with Gasteiger partial charge in [-0.15, -0.1) is 0 Å². The smallest absolute Gasteiger partial charge is 0.274 e. The summed E-state index contributed by atoms with van der Waals surface area (Å²) in [4.78, 5) is 22.6. The monoisotopic (exact) mass is 248 g/mol. The summed E-state index contributed by atoms with van der Waals surface area (Å²) >= 11 is 0. The summed E-state index contributed by atoms with van der Waals surface area (Å²) in [6.07, 6.45) is 7.80. The molecule has 1 N–H and O–H groups in total. The van der Waals surface area contributed by atoms with E-state index in [4.69, 9.17) is 0 Å². The molecule has 2 rings (SSSR count). The van der Waals surface area contributed by atoms with Crippen molar-refractivity contribution in [3.63, 3.8) is 0 Å². The summed E-state index contributed by atoms with van der Waals surface area (Å²) in [5.41, 5.74) is 0.440. The Labute approximate surface area is 108 Å². The van der Waals surface area contributed by atoms with Gasteiger partial charge < -0.3 is 10.2 Å². The van der Waals surface area contributed by atoms with Crippen molar-refractivity contribution in [2.75, 3.05) is 25.0 Å². The molecule has 1 fully saturated rings. The number of hydrogen-bond donors (Lipinski definition) is 1. The number of likely N-dealkylation sites (tertiary alicyclic amines) is 1. The molecule has 1 aliphatic rings. The zero-order valence-electron chi connectivity index (χ0n) is 10.9. The average Bonchev–Trinajstić information content (AvgIpc) is 2.67. The van der Waals surface area contributed by atoms with Crippen LogP contribution >= 0.6 is 0 Å². The van der Waals surface area contributed by atoms with Crippen LogP contribution in [0, 0.1) is 0 Å². The third kappa shape index (κ3) is 3.18. The van der Waals surface area contributed by atoms with E-state index < -0.39 is 0 Å². The van der Waals surface area contributed by atoms with E-state index in [9.17, 15) is 4.79 Å². The van der Waals surface area contributed by atoms with Crippen molar-refractivity contribution in [1.82, 2.24) is 14.9 Å². The van der Waals surface area contributed by atoms with Crippen molar-refractivity contribution in [3.05, 3.63) is 18.1 Å². The lowest BCUT2D eigenvalue weighted by atomic mass is 10.2. The molecule has 5 nitrogen and oxygen atoms in total. The largest absolute Gasteiger partial charge is 0.369 e. The van der Waals surface area contributed by atoms with Crippen LogP contribution in [-0.2, 0) is 0 Å². The second-order valence-corrected chi connectivity index (χ2v) is 4.53. The topological polar surface area (TPSA) is 58.1 Å². The van der Waals surface area contributed by atoms with Gasteiger partial charge in [-0.05, 0) is 19.8 Å². The third-order valence-corrected chi connectivity index (χ3v) is 3.10. The molecule has 18 heavy (non-hydrogen) atoms. The molecule has 98 valence electrons. The average molecular weight is 248 g/mol. The lowest BCUT2D eigenvalue weighted by Crippen LogP contribution is -2.32. The fourth-order valence-electron chi connectivity index (χ4n) is 2.17. The van der Waals surface area contributed by atoms with Crippen LogP contribution in [0.4, 0.5) is 5.82 Å². The molecule has 0 saturated carbocycles. The number of hydrogen-bond acceptors (Lipinski definition) is 4. The second kappa shape index (κ2) is 6.33. The Kier molecular flexibility index (Phi) is 4.50. The predicted octanol–water partition coefficient (Wildman–Crippen LogP) is 1.92. The van der Waals surface area contributed by atoms with E-state index in [1.54, 1.807) is 12.4 Å². The number of nitrogens with one attached hydrogen (secondary N) is 1. The molecule has 1 saturated heterocycles. The van der Waals surface area contributed by atoms with Gasteiger partial charge in [0.2, 0.25) is 0 Å². The van der Waals surface area contributed by atoms with Gasteiger partial charge in [-0.25, -0.2) is 4.98 Å². The van der Waals surface area contributed by atoms with E-state index >= 15 is 0 Å². The molecule has 2 heterocycles. The van der Waals surface area contributed by atoms with E-state index in [1.165, 1.54) is 12.8 Å². The van der Waals surface area contributed by atoms with E-state index in [-0.39, 0.29) is 5.91 Å². The molecule has 0 unspecified atom stereocenters. The molecule has 0 aliphatic carbocycles. The molecular weight excluding hydrogens is 228 g/mol. The Hall–Kier alpha value is -1.65. The summed E-state index contributed by atoms with van der Waals surface area (Å²) in [6, 6.07) is 0. The van der Waals surface area contributed by atoms with Gasteiger partial charge in [-0.3, -0.25) is 9.78 Å². The van der Waals surface area contributed by atoms with Crippen LogP contribution in [0.1, 0.15) is 43.1 Å². The number of nitrogens with zero attached hydrogens (tertiary/aromatic N) is 3. The first kappa shape index (κ1) is 12.8. The first-order valence-corrected chi connectivity index (χ1v) is 6.66. The molecule has 5 heteroatoms. The summed E-state index contributed by atoms with van der Waals surface area (Å²) in [5, 5.41) is 3.07. The third-order valence-electron chi connectivity index (χ3n) is 3.10. The molecule has 1 aliphatic heterocycles. The molecule has 0 aromatic carbocycles. The molecule has 0 atom stereocenters. The van der Waals surface area contributed by atoms with Gasteiger partial charge in [0.25, 0.3) is 5.91 Å². The summed E-state index contributed by atoms with van der Waals surface area (Å²) < 4.78 is 0. The van der Waals surface area contributed by atoms with Gasteiger partial charge in [0.15, 0.2) is 0 Å². The number of rotatable bonds is 3. The van der Waals surface area contributed by atoms with Gasteiger partial charge in [0.1, 0.15) is 11.5 Å². The Bertz CT molecular complexity index is 400. The standard InChI is InChI=1S/C13H20N4O/c1-2-15-12-10-14-9-11(16-12)13(18)17-7-5-3-4-6-8-17/h9-10H,2-8H2,1H3,(H,15,16). The van der Waals surface area contributed by atoms with Crippen LogP contribution in [0.25, 0.3) is 0 Å². The molecule has 1 aromatic heterocycles. The minimum absolute atomic E-state index is 0.00385. The van der Waals surface area contributed by atoms with Gasteiger partial charge in [0.05, 0.1) is 12.4 Å². The highest BCUT2D eigenvalue weighted by molar-refractivity contribution is 5.92. The SMILES string of the molecule is CCNc1cncc(C(=O)N2CCCCCC2)n1. The summed E-state index contributed by atoms with van der Waals surface area (Å²) in [5.74, 6) is 0.669. The lowest BCUT2D eigenvalue weighted by molar-refractivity contribution is 0.0755. The molecule has 1 amide bonds. The Morgan fingerprint density at radius 3 is 2.67 bits per heavy atom. The first-order chi connectivity index (χ1) is 8.81. The zero-order chi connectivity index (χ0) is 12.8. The number of anilines is 1. The minimum Gasteiger partial charge on any atom is -0.369 e. The maximum absolute atomic E-state index is 12.3. The van der Waals surface area contributed by atoms with Gasteiger partial charge in [-0.1, -0.05) is 12.8 Å². The zero-order valence-corrected chi connectivity index (χ0v) is 10.9. The highest BCUT2D eigenvalue weighted by Crippen LogP contribution is 2.12. The van der Waals surface area contributed by atoms with Crippen molar-refractivity contribution in [2.45, 2.75) is 32.6 Å². The first-order valence-electron chi connectivity index (χ1n) is 6.66. The minimum atomic E-state index is 0.00385. The van der Waals surface area contributed by atoms with E-state index in [2.05, 4.69) is 15.3 Å². The Morgan fingerprint density at radius 2 is 2.00 bits per heavy atom. The maximum atomic E-state index is 12.3. The predicted molar refractivity (Wildman–Crippen MR) is 70.6 cm³/mol. The van der Waals surface area contributed by atoms with Crippen LogP contribution in [0.5, 0.6) is 0 Å². The van der Waals surface area contributed by atoms with Gasteiger partial charge in [0, 0.05) is 19.6 Å². The van der Waals surface area contributed by atoms with Gasteiger partial charge >= 0.3 is 0 Å². The molecule has 0 spiro atoms. The van der Waals surface area contributed by atoms with Crippen molar-refractivity contribution in [1.29, 1.82) is 0 Å². The fraction of sp³-hybridized carbons (Fsp3) is 0.615.